The van der Waals surface area contributed by atoms with E-state index in [4.69, 9.17) is 11.3 Å². The van der Waals surface area contributed by atoms with Crippen molar-refractivity contribution in [3.8, 4) is 0 Å². The average Bonchev–Trinajstić information content (AvgIpc) is 1.98. The number of rotatable bonds is 4. The van der Waals surface area contributed by atoms with Gasteiger partial charge in [-0.2, -0.15) is 0 Å². The van der Waals surface area contributed by atoms with Crippen LogP contribution in [0.15, 0.2) is 5.11 Å². The Labute approximate surface area is 58.0 Å². The van der Waals surface area contributed by atoms with E-state index in [1.54, 1.807) is 0 Å². The first-order valence-corrected chi connectivity index (χ1v) is 2.79. The lowest BCUT2D eigenvalue weighted by molar-refractivity contribution is -0.119. The molecule has 6 heteroatoms. The van der Waals surface area contributed by atoms with Crippen LogP contribution in [0.1, 0.15) is 0 Å². The molecule has 3 N–H and O–H groups in total. The lowest BCUT2D eigenvalue weighted by atomic mass is 10.5. The predicted molar refractivity (Wildman–Crippen MR) is 36.1 cm³/mol. The molecule has 0 aromatic heterocycles. The number of carbonyl (C=O) groups excluding carboxylic acids is 1. The van der Waals surface area contributed by atoms with E-state index in [1.807, 2.05) is 0 Å². The van der Waals surface area contributed by atoms with Gasteiger partial charge in [-0.3, -0.25) is 4.79 Å². The van der Waals surface area contributed by atoms with Gasteiger partial charge in [0, 0.05) is 18.0 Å². The molecule has 56 valence electrons. The largest absolute Gasteiger partial charge is 0.355 e. The van der Waals surface area contributed by atoms with E-state index in [0.29, 0.717) is 6.54 Å². The van der Waals surface area contributed by atoms with Gasteiger partial charge in [-0.15, -0.1) is 0 Å². The maximum Gasteiger partial charge on any atom is 0.233 e. The molecule has 0 heterocycles. The van der Waals surface area contributed by atoms with Crippen molar-refractivity contribution in [3.63, 3.8) is 0 Å². The van der Waals surface area contributed by atoms with Gasteiger partial charge in [0.2, 0.25) is 5.91 Å². The zero-order valence-corrected chi connectivity index (χ0v) is 5.45. The second-order valence-electron chi connectivity index (χ2n) is 1.51. The van der Waals surface area contributed by atoms with Crippen LogP contribution in [-0.4, -0.2) is 25.5 Å². The number of amides is 1. The van der Waals surface area contributed by atoms with Gasteiger partial charge >= 0.3 is 0 Å². The number of hydrogen-bond donors (Lipinski definition) is 2. The molecule has 0 saturated carbocycles. The molecule has 0 aliphatic carbocycles. The fourth-order valence-corrected chi connectivity index (χ4v) is 0.362. The van der Waals surface area contributed by atoms with Gasteiger partial charge in [0.25, 0.3) is 0 Å². The molecule has 10 heavy (non-hydrogen) atoms. The van der Waals surface area contributed by atoms with Gasteiger partial charge in [-0.1, -0.05) is 5.11 Å². The van der Waals surface area contributed by atoms with Crippen LogP contribution in [0.3, 0.4) is 0 Å². The highest BCUT2D eigenvalue weighted by Gasteiger charge is 1.92. The molecule has 0 radical (unpaired) electrons. The summed E-state index contributed by atoms with van der Waals surface area (Å²) in [6.45, 7) is 0.582. The van der Waals surface area contributed by atoms with Crippen LogP contribution in [0.25, 0.3) is 10.4 Å². The molecule has 6 nitrogen and oxygen atoms in total. The molecule has 0 atom stereocenters. The van der Waals surface area contributed by atoms with Crippen molar-refractivity contribution in [1.82, 2.24) is 5.32 Å². The maximum absolute atomic E-state index is 10.4. The van der Waals surface area contributed by atoms with Crippen molar-refractivity contribution in [2.45, 2.75) is 0 Å². The minimum Gasteiger partial charge on any atom is -0.355 e. The van der Waals surface area contributed by atoms with E-state index in [0.717, 1.165) is 0 Å². The second-order valence-corrected chi connectivity index (χ2v) is 1.51. The first-order chi connectivity index (χ1) is 4.81. The summed E-state index contributed by atoms with van der Waals surface area (Å²) < 4.78 is 0. The quantitative estimate of drug-likeness (QED) is 0.237. The minimum absolute atomic E-state index is 0.0315. The van der Waals surface area contributed by atoms with Crippen LogP contribution in [0.5, 0.6) is 0 Å². The highest BCUT2D eigenvalue weighted by Crippen LogP contribution is 1.67. The molecule has 0 aromatic rings. The summed E-state index contributed by atoms with van der Waals surface area (Å²) in [5, 5.41) is 5.64. The fourth-order valence-electron chi connectivity index (χ4n) is 0.362. The summed E-state index contributed by atoms with van der Waals surface area (Å²) in [5.74, 6) is -0.242. The Kier molecular flexibility index (Phi) is 5.13. The molecule has 0 spiro atoms. The normalized spacial score (nSPS) is 8.10. The van der Waals surface area contributed by atoms with Crippen molar-refractivity contribution in [3.05, 3.63) is 10.4 Å². The van der Waals surface area contributed by atoms with E-state index in [9.17, 15) is 4.79 Å². The van der Waals surface area contributed by atoms with E-state index in [2.05, 4.69) is 15.3 Å². The number of carbonyl (C=O) groups is 1. The van der Waals surface area contributed by atoms with Crippen LogP contribution in [0.2, 0.25) is 0 Å². The Bertz CT molecular complexity index is 150. The Hall–Kier alpha value is -1.26. The Balaban J connectivity index is 3.19. The van der Waals surface area contributed by atoms with Crippen LogP contribution < -0.4 is 11.1 Å². The van der Waals surface area contributed by atoms with Crippen LogP contribution in [0, 0.1) is 0 Å². The van der Waals surface area contributed by atoms with Crippen molar-refractivity contribution in [1.29, 1.82) is 0 Å². The van der Waals surface area contributed by atoms with E-state index in [1.165, 1.54) is 0 Å². The Morgan fingerprint density at radius 1 is 1.80 bits per heavy atom. The highest BCUT2D eigenvalue weighted by atomic mass is 16.1. The number of nitrogens with two attached hydrogens (primary N) is 1. The van der Waals surface area contributed by atoms with Gasteiger partial charge in [-0.05, 0) is 5.53 Å². The van der Waals surface area contributed by atoms with Crippen LogP contribution in [-0.2, 0) is 4.79 Å². The summed E-state index contributed by atoms with van der Waals surface area (Å²) >= 11 is 0. The third-order valence-electron chi connectivity index (χ3n) is 0.783. The molecule has 0 aliphatic heterocycles. The fraction of sp³-hybridized carbons (Fsp3) is 0.750. The summed E-state index contributed by atoms with van der Waals surface area (Å²) in [5.41, 5.74) is 12.8. The van der Waals surface area contributed by atoms with E-state index < -0.39 is 0 Å². The third-order valence-corrected chi connectivity index (χ3v) is 0.783. The summed E-state index contributed by atoms with van der Waals surface area (Å²) in [7, 11) is 0. The number of nitrogens with zero attached hydrogens (tertiary/aromatic N) is 3. The molecule has 0 aromatic carbocycles. The highest BCUT2D eigenvalue weighted by molar-refractivity contribution is 5.77. The lowest BCUT2D eigenvalue weighted by Gasteiger charge is -1.97. The van der Waals surface area contributed by atoms with Gasteiger partial charge in [0.05, 0.1) is 6.54 Å². The molecule has 0 unspecified atom stereocenters. The standard InChI is InChI=1S/C4H9N5O/c5-3-4(10)7-1-2-8-9-6/h1-3,5H2,(H,7,10). The molecule has 0 saturated heterocycles. The topological polar surface area (TPSA) is 104 Å². The number of azide groups is 1. The minimum atomic E-state index is -0.242. The van der Waals surface area contributed by atoms with Gasteiger partial charge in [0.15, 0.2) is 0 Å². The molecule has 1 amide bonds. The van der Waals surface area contributed by atoms with E-state index >= 15 is 0 Å². The smallest absolute Gasteiger partial charge is 0.233 e. The molecule has 0 fully saturated rings. The molecule has 0 bridgehead atoms. The molecular weight excluding hydrogens is 134 g/mol. The van der Waals surface area contributed by atoms with Crippen molar-refractivity contribution < 1.29 is 4.79 Å². The maximum atomic E-state index is 10.4. The molecule has 0 rings (SSSR count). The van der Waals surface area contributed by atoms with Crippen molar-refractivity contribution in [2.24, 2.45) is 10.8 Å². The summed E-state index contributed by atoms with van der Waals surface area (Å²) in [6, 6.07) is 0. The first-order valence-electron chi connectivity index (χ1n) is 2.79. The predicted octanol–water partition coefficient (Wildman–Crippen LogP) is -0.628. The van der Waals surface area contributed by atoms with Crippen LogP contribution in [0.4, 0.5) is 0 Å². The zero-order chi connectivity index (χ0) is 7.82. The summed E-state index contributed by atoms with van der Waals surface area (Å²) in [6.07, 6.45) is 0. The molecular formula is C4H9N5O. The van der Waals surface area contributed by atoms with Crippen LogP contribution >= 0.6 is 0 Å². The lowest BCUT2D eigenvalue weighted by Crippen LogP contribution is -2.31. The van der Waals surface area contributed by atoms with E-state index in [-0.39, 0.29) is 19.0 Å². The van der Waals surface area contributed by atoms with Crippen molar-refractivity contribution in [2.75, 3.05) is 19.6 Å². The van der Waals surface area contributed by atoms with Gasteiger partial charge in [0.1, 0.15) is 0 Å². The second kappa shape index (κ2) is 5.87. The average molecular weight is 143 g/mol. The summed E-state index contributed by atoms with van der Waals surface area (Å²) in [4.78, 5) is 12.9. The SMILES string of the molecule is [N-]=[N+]=NCCNC(=O)CN. The third kappa shape index (κ3) is 4.89. The molecule has 0 aliphatic rings. The van der Waals surface area contributed by atoms with Crippen molar-refractivity contribution >= 4 is 5.91 Å². The number of hydrogen-bond acceptors (Lipinski definition) is 3. The number of nitrogens with one attached hydrogen (secondary N) is 1. The first kappa shape index (κ1) is 8.74. The Morgan fingerprint density at radius 3 is 3.00 bits per heavy atom. The monoisotopic (exact) mass is 143 g/mol. The van der Waals surface area contributed by atoms with Gasteiger partial charge in [-0.25, -0.2) is 0 Å². The van der Waals surface area contributed by atoms with Gasteiger partial charge < -0.3 is 11.1 Å². The zero-order valence-electron chi connectivity index (χ0n) is 5.45. The Morgan fingerprint density at radius 2 is 2.50 bits per heavy atom.